The van der Waals surface area contributed by atoms with Gasteiger partial charge in [0.05, 0.1) is 0 Å². The minimum absolute atomic E-state index is 0.00412. The third-order valence-corrected chi connectivity index (χ3v) is 3.12. The fourth-order valence-electron chi connectivity index (χ4n) is 1.91. The predicted molar refractivity (Wildman–Crippen MR) is 73.1 cm³/mol. The van der Waals surface area contributed by atoms with E-state index in [1.54, 1.807) is 0 Å². The Bertz CT molecular complexity index is 178. The molecule has 0 aromatic rings. The molecule has 0 aliphatic carbocycles. The molecule has 0 spiro atoms. The van der Waals surface area contributed by atoms with Crippen molar-refractivity contribution in [3.63, 3.8) is 0 Å². The molecule has 0 aromatic heterocycles. The van der Waals surface area contributed by atoms with Gasteiger partial charge < -0.3 is 4.74 Å². The van der Waals surface area contributed by atoms with E-state index in [1.807, 2.05) is 0 Å². The first-order valence-corrected chi connectivity index (χ1v) is 7.44. The standard InChI is InChI=1S/C15H30O2/c1-4-7-9-11-13-15(16)17-14(6-3)12-10-8-5-2/h14H,4-13H2,1-3H3. The average Bonchev–Trinajstić information content (AvgIpc) is 2.33. The number of carbonyl (C=O) groups is 1. The van der Waals surface area contributed by atoms with E-state index in [0.29, 0.717) is 6.42 Å². The summed E-state index contributed by atoms with van der Waals surface area (Å²) >= 11 is 0. The van der Waals surface area contributed by atoms with Gasteiger partial charge in [0.15, 0.2) is 0 Å². The Balaban J connectivity index is 3.59. The molecule has 0 N–H and O–H groups in total. The first kappa shape index (κ1) is 16.5. The number of carbonyl (C=O) groups excluding carboxylic acids is 1. The normalized spacial score (nSPS) is 12.4. The molecule has 102 valence electrons. The van der Waals surface area contributed by atoms with Gasteiger partial charge in [-0.1, -0.05) is 52.9 Å². The smallest absolute Gasteiger partial charge is 0.306 e. The molecule has 0 bridgehead atoms. The van der Waals surface area contributed by atoms with Crippen LogP contribution < -0.4 is 0 Å². The average molecular weight is 242 g/mol. The van der Waals surface area contributed by atoms with Crippen molar-refractivity contribution in [3.05, 3.63) is 0 Å². The lowest BCUT2D eigenvalue weighted by molar-refractivity contribution is -0.149. The maximum atomic E-state index is 11.6. The Morgan fingerprint density at radius 2 is 1.59 bits per heavy atom. The van der Waals surface area contributed by atoms with Gasteiger partial charge in [0.1, 0.15) is 6.10 Å². The molecule has 0 heterocycles. The summed E-state index contributed by atoms with van der Waals surface area (Å²) < 4.78 is 5.49. The highest BCUT2D eigenvalue weighted by Gasteiger charge is 2.11. The molecule has 0 aliphatic heterocycles. The molecule has 17 heavy (non-hydrogen) atoms. The van der Waals surface area contributed by atoms with Crippen LogP contribution in [0.4, 0.5) is 0 Å². The first-order chi connectivity index (χ1) is 8.24. The second kappa shape index (κ2) is 11.9. The molecular weight excluding hydrogens is 212 g/mol. The van der Waals surface area contributed by atoms with Crippen LogP contribution in [0.15, 0.2) is 0 Å². The Hall–Kier alpha value is -0.530. The largest absolute Gasteiger partial charge is 0.462 e. The van der Waals surface area contributed by atoms with Crippen LogP contribution in [-0.4, -0.2) is 12.1 Å². The Morgan fingerprint density at radius 1 is 0.941 bits per heavy atom. The lowest BCUT2D eigenvalue weighted by atomic mass is 10.1. The zero-order valence-corrected chi connectivity index (χ0v) is 12.0. The highest BCUT2D eigenvalue weighted by atomic mass is 16.5. The van der Waals surface area contributed by atoms with Gasteiger partial charge in [-0.15, -0.1) is 0 Å². The van der Waals surface area contributed by atoms with Gasteiger partial charge >= 0.3 is 5.97 Å². The third-order valence-electron chi connectivity index (χ3n) is 3.12. The quantitative estimate of drug-likeness (QED) is 0.382. The highest BCUT2D eigenvalue weighted by Crippen LogP contribution is 2.12. The van der Waals surface area contributed by atoms with Crippen LogP contribution in [0.1, 0.15) is 85.0 Å². The lowest BCUT2D eigenvalue weighted by Gasteiger charge is -2.15. The van der Waals surface area contributed by atoms with E-state index < -0.39 is 0 Å². The highest BCUT2D eigenvalue weighted by molar-refractivity contribution is 5.69. The molecule has 0 amide bonds. The van der Waals surface area contributed by atoms with Crippen molar-refractivity contribution < 1.29 is 9.53 Å². The second-order valence-corrected chi connectivity index (χ2v) is 4.83. The van der Waals surface area contributed by atoms with Crippen molar-refractivity contribution in [3.8, 4) is 0 Å². The van der Waals surface area contributed by atoms with Gasteiger partial charge in [0.25, 0.3) is 0 Å². The number of rotatable bonds is 11. The maximum absolute atomic E-state index is 11.6. The van der Waals surface area contributed by atoms with Crippen LogP contribution in [0, 0.1) is 0 Å². The fraction of sp³-hybridized carbons (Fsp3) is 0.933. The second-order valence-electron chi connectivity index (χ2n) is 4.83. The molecule has 0 aromatic carbocycles. The van der Waals surface area contributed by atoms with Gasteiger partial charge in [0, 0.05) is 6.42 Å². The van der Waals surface area contributed by atoms with Crippen molar-refractivity contribution in [1.82, 2.24) is 0 Å². The Kier molecular flexibility index (Phi) is 11.6. The molecule has 0 aliphatic rings. The summed E-state index contributed by atoms with van der Waals surface area (Å²) in [6.07, 6.45) is 10.9. The van der Waals surface area contributed by atoms with E-state index in [9.17, 15) is 4.79 Å². The Morgan fingerprint density at radius 3 is 2.18 bits per heavy atom. The number of hydrogen-bond acceptors (Lipinski definition) is 2. The van der Waals surface area contributed by atoms with Crippen LogP contribution in [0.2, 0.25) is 0 Å². The van der Waals surface area contributed by atoms with E-state index in [0.717, 1.165) is 25.7 Å². The van der Waals surface area contributed by atoms with Crippen LogP contribution in [0.25, 0.3) is 0 Å². The third kappa shape index (κ3) is 10.3. The van der Waals surface area contributed by atoms with E-state index in [-0.39, 0.29) is 12.1 Å². The SMILES string of the molecule is CCCCCCC(=O)OC(CC)CCCCC. The van der Waals surface area contributed by atoms with Crippen molar-refractivity contribution in [2.24, 2.45) is 0 Å². The molecule has 0 saturated carbocycles. The molecule has 0 radical (unpaired) electrons. The topological polar surface area (TPSA) is 26.3 Å². The Labute approximate surface area is 107 Å². The monoisotopic (exact) mass is 242 g/mol. The molecule has 0 fully saturated rings. The molecular formula is C15H30O2. The van der Waals surface area contributed by atoms with E-state index in [1.165, 1.54) is 32.1 Å². The summed E-state index contributed by atoms with van der Waals surface area (Å²) in [6.45, 7) is 6.47. The number of unbranched alkanes of at least 4 members (excludes halogenated alkanes) is 5. The summed E-state index contributed by atoms with van der Waals surface area (Å²) in [4.78, 5) is 11.6. The molecule has 0 saturated heterocycles. The number of hydrogen-bond donors (Lipinski definition) is 0. The minimum atomic E-state index is 0.00412. The van der Waals surface area contributed by atoms with Gasteiger partial charge in [-0.05, 0) is 25.7 Å². The summed E-state index contributed by atoms with van der Waals surface area (Å²) in [5.41, 5.74) is 0. The van der Waals surface area contributed by atoms with Crippen molar-refractivity contribution in [2.45, 2.75) is 91.1 Å². The van der Waals surface area contributed by atoms with E-state index in [2.05, 4.69) is 20.8 Å². The fourth-order valence-corrected chi connectivity index (χ4v) is 1.91. The van der Waals surface area contributed by atoms with Crippen LogP contribution >= 0.6 is 0 Å². The van der Waals surface area contributed by atoms with Crippen LogP contribution in [-0.2, 0) is 9.53 Å². The maximum Gasteiger partial charge on any atom is 0.306 e. The molecule has 2 heteroatoms. The lowest BCUT2D eigenvalue weighted by Crippen LogP contribution is -2.17. The van der Waals surface area contributed by atoms with Crippen LogP contribution in [0.3, 0.4) is 0 Å². The van der Waals surface area contributed by atoms with Crippen molar-refractivity contribution >= 4 is 5.97 Å². The summed E-state index contributed by atoms with van der Waals surface area (Å²) in [5, 5.41) is 0. The zero-order valence-electron chi connectivity index (χ0n) is 12.0. The number of ether oxygens (including phenoxy) is 1. The molecule has 1 atom stereocenters. The van der Waals surface area contributed by atoms with Crippen LogP contribution in [0.5, 0.6) is 0 Å². The molecule has 1 unspecified atom stereocenters. The summed E-state index contributed by atoms with van der Waals surface area (Å²) in [5.74, 6) is 0.00412. The van der Waals surface area contributed by atoms with Crippen molar-refractivity contribution in [2.75, 3.05) is 0 Å². The molecule has 0 rings (SSSR count). The van der Waals surface area contributed by atoms with Gasteiger partial charge in [-0.25, -0.2) is 0 Å². The summed E-state index contributed by atoms with van der Waals surface area (Å²) in [7, 11) is 0. The van der Waals surface area contributed by atoms with Gasteiger partial charge in [-0.3, -0.25) is 4.79 Å². The van der Waals surface area contributed by atoms with E-state index in [4.69, 9.17) is 4.74 Å². The molecule has 2 nitrogen and oxygen atoms in total. The van der Waals surface area contributed by atoms with Gasteiger partial charge in [-0.2, -0.15) is 0 Å². The van der Waals surface area contributed by atoms with E-state index >= 15 is 0 Å². The minimum Gasteiger partial charge on any atom is -0.462 e. The van der Waals surface area contributed by atoms with Gasteiger partial charge in [0.2, 0.25) is 0 Å². The first-order valence-electron chi connectivity index (χ1n) is 7.44. The zero-order chi connectivity index (χ0) is 12.9. The predicted octanol–water partition coefficient (Wildman–Crippen LogP) is 4.86. The summed E-state index contributed by atoms with van der Waals surface area (Å²) in [6, 6.07) is 0. The number of esters is 1. The van der Waals surface area contributed by atoms with Crippen molar-refractivity contribution in [1.29, 1.82) is 0 Å².